The molecule has 0 aliphatic carbocycles. The number of nitrogens with zero attached hydrogens (tertiary/aromatic N) is 1. The fourth-order valence-corrected chi connectivity index (χ4v) is 2.76. The van der Waals surface area contributed by atoms with E-state index >= 15 is 0 Å². The number of hydrogen-bond acceptors (Lipinski definition) is 3. The molecule has 1 aliphatic heterocycles. The summed E-state index contributed by atoms with van der Waals surface area (Å²) < 4.78 is 13.3. The molecular weight excluding hydrogens is 243 g/mol. The molecule has 3 nitrogen and oxygen atoms in total. The fraction of sp³-hybridized carbons (Fsp3) is 0.600. The van der Waals surface area contributed by atoms with Gasteiger partial charge in [0.2, 0.25) is 0 Å². The van der Waals surface area contributed by atoms with E-state index in [0.29, 0.717) is 12.0 Å². The third kappa shape index (κ3) is 3.60. The summed E-state index contributed by atoms with van der Waals surface area (Å²) in [4.78, 5) is 2.46. The zero-order valence-electron chi connectivity index (χ0n) is 11.7. The molecule has 1 fully saturated rings. The number of anilines is 1. The van der Waals surface area contributed by atoms with Crippen LogP contribution in [0.2, 0.25) is 0 Å². The topological polar surface area (TPSA) is 35.5 Å². The quantitative estimate of drug-likeness (QED) is 0.822. The van der Waals surface area contributed by atoms with Crippen LogP contribution in [0.4, 0.5) is 10.1 Å². The van der Waals surface area contributed by atoms with E-state index in [9.17, 15) is 9.50 Å². The van der Waals surface area contributed by atoms with Crippen molar-refractivity contribution in [2.24, 2.45) is 5.92 Å². The Morgan fingerprint density at radius 3 is 3.00 bits per heavy atom. The second-order valence-corrected chi connectivity index (χ2v) is 5.39. The normalized spacial score (nSPS) is 22.2. The van der Waals surface area contributed by atoms with Gasteiger partial charge in [-0.3, -0.25) is 0 Å². The molecule has 106 valence electrons. The highest BCUT2D eigenvalue weighted by Gasteiger charge is 2.23. The lowest BCUT2D eigenvalue weighted by atomic mass is 9.91. The molecule has 1 aromatic rings. The summed E-state index contributed by atoms with van der Waals surface area (Å²) in [6.07, 6.45) is 2.44. The predicted octanol–water partition coefficient (Wildman–Crippen LogP) is 3.06. The van der Waals surface area contributed by atoms with Crippen molar-refractivity contribution >= 4 is 5.69 Å². The highest BCUT2D eigenvalue weighted by atomic mass is 19.1. The van der Waals surface area contributed by atoms with Crippen molar-refractivity contribution in [3.05, 3.63) is 24.0 Å². The molecule has 0 saturated carbocycles. The highest BCUT2D eigenvalue weighted by molar-refractivity contribution is 5.47. The largest absolute Gasteiger partial charge is 0.505 e. The molecule has 1 aromatic carbocycles. The minimum Gasteiger partial charge on any atom is -0.505 e. The van der Waals surface area contributed by atoms with Crippen LogP contribution in [0.3, 0.4) is 0 Å². The highest BCUT2D eigenvalue weighted by Crippen LogP contribution is 2.24. The summed E-state index contributed by atoms with van der Waals surface area (Å²) in [5.74, 6) is -0.283. The van der Waals surface area contributed by atoms with Crippen LogP contribution in [0.5, 0.6) is 5.75 Å². The Morgan fingerprint density at radius 1 is 1.53 bits per heavy atom. The van der Waals surface area contributed by atoms with Gasteiger partial charge in [0.05, 0.1) is 0 Å². The van der Waals surface area contributed by atoms with E-state index in [0.717, 1.165) is 18.8 Å². The number of halogens is 1. The lowest BCUT2D eigenvalue weighted by molar-refractivity contribution is 0.172. The summed E-state index contributed by atoms with van der Waals surface area (Å²) in [5.41, 5.74) is 0.733. The average Bonchev–Trinajstić information content (AvgIpc) is 2.43. The van der Waals surface area contributed by atoms with Crippen LogP contribution < -0.4 is 5.32 Å². The van der Waals surface area contributed by atoms with E-state index in [4.69, 9.17) is 0 Å². The van der Waals surface area contributed by atoms with E-state index in [1.54, 1.807) is 6.07 Å². The number of benzene rings is 1. The van der Waals surface area contributed by atoms with Crippen molar-refractivity contribution in [2.75, 3.05) is 25.0 Å². The minimum atomic E-state index is -0.573. The number of rotatable bonds is 4. The maximum atomic E-state index is 13.3. The van der Waals surface area contributed by atoms with Crippen LogP contribution in [0.15, 0.2) is 18.2 Å². The summed E-state index contributed by atoms with van der Waals surface area (Å²) in [6.45, 7) is 7.72. The molecule has 2 N–H and O–H groups in total. The smallest absolute Gasteiger partial charge is 0.166 e. The van der Waals surface area contributed by atoms with Gasteiger partial charge in [0.25, 0.3) is 0 Å². The monoisotopic (exact) mass is 266 g/mol. The van der Waals surface area contributed by atoms with Gasteiger partial charge in [0, 0.05) is 24.3 Å². The molecule has 0 bridgehead atoms. The second-order valence-electron chi connectivity index (χ2n) is 5.39. The molecule has 0 amide bonds. The van der Waals surface area contributed by atoms with Crippen LogP contribution in [-0.2, 0) is 0 Å². The van der Waals surface area contributed by atoms with Gasteiger partial charge >= 0.3 is 0 Å². The Hall–Kier alpha value is -1.29. The lowest BCUT2D eigenvalue weighted by Gasteiger charge is -2.35. The third-order valence-corrected chi connectivity index (χ3v) is 4.04. The molecule has 19 heavy (non-hydrogen) atoms. The number of nitrogens with one attached hydrogen (secondary N) is 1. The van der Waals surface area contributed by atoms with E-state index in [-0.39, 0.29) is 5.75 Å². The molecule has 1 saturated heterocycles. The maximum Gasteiger partial charge on any atom is 0.166 e. The first-order chi connectivity index (χ1) is 9.10. The van der Waals surface area contributed by atoms with Gasteiger partial charge in [-0.05, 0) is 50.9 Å². The van der Waals surface area contributed by atoms with Crippen LogP contribution in [0, 0.1) is 11.7 Å². The number of phenols is 1. The molecule has 2 atom stereocenters. The SMILES string of the molecule is CCN1CCCC(C(C)Nc2ccc(O)c(F)c2)C1. The van der Waals surface area contributed by atoms with Gasteiger partial charge in [-0.25, -0.2) is 4.39 Å². The second kappa shape index (κ2) is 6.24. The van der Waals surface area contributed by atoms with E-state index in [2.05, 4.69) is 24.1 Å². The predicted molar refractivity (Wildman–Crippen MR) is 76.0 cm³/mol. The molecule has 0 spiro atoms. The van der Waals surface area contributed by atoms with Gasteiger partial charge < -0.3 is 15.3 Å². The van der Waals surface area contributed by atoms with Crippen molar-refractivity contribution in [1.29, 1.82) is 0 Å². The molecule has 2 unspecified atom stereocenters. The Morgan fingerprint density at radius 2 is 2.32 bits per heavy atom. The Balaban J connectivity index is 1.96. The van der Waals surface area contributed by atoms with Gasteiger partial charge in [-0.15, -0.1) is 0 Å². The van der Waals surface area contributed by atoms with Crippen LogP contribution >= 0.6 is 0 Å². The molecule has 1 aliphatic rings. The van der Waals surface area contributed by atoms with Crippen LogP contribution in [-0.4, -0.2) is 35.7 Å². The molecule has 4 heteroatoms. The fourth-order valence-electron chi connectivity index (χ4n) is 2.76. The molecule has 1 heterocycles. The Labute approximate surface area is 114 Å². The molecule has 0 radical (unpaired) electrons. The van der Waals surface area contributed by atoms with Crippen molar-refractivity contribution < 1.29 is 9.50 Å². The molecule has 2 rings (SSSR count). The van der Waals surface area contributed by atoms with Crippen molar-refractivity contribution in [2.45, 2.75) is 32.7 Å². The van der Waals surface area contributed by atoms with Gasteiger partial charge in [0.15, 0.2) is 11.6 Å². The zero-order chi connectivity index (χ0) is 13.8. The van der Waals surface area contributed by atoms with Gasteiger partial charge in [0.1, 0.15) is 0 Å². The van der Waals surface area contributed by atoms with Gasteiger partial charge in [-0.1, -0.05) is 6.92 Å². The minimum absolute atomic E-state index is 0.298. The average molecular weight is 266 g/mol. The zero-order valence-corrected chi connectivity index (χ0v) is 11.7. The van der Waals surface area contributed by atoms with Crippen LogP contribution in [0.25, 0.3) is 0 Å². The first kappa shape index (κ1) is 14.1. The van der Waals surface area contributed by atoms with Gasteiger partial charge in [-0.2, -0.15) is 0 Å². The molecule has 0 aromatic heterocycles. The number of piperidine rings is 1. The Kier molecular flexibility index (Phi) is 4.64. The van der Waals surface area contributed by atoms with Crippen molar-refractivity contribution in [3.8, 4) is 5.75 Å². The number of likely N-dealkylation sites (tertiary alicyclic amines) is 1. The summed E-state index contributed by atoms with van der Waals surface area (Å²) in [5, 5.41) is 12.5. The summed E-state index contributed by atoms with van der Waals surface area (Å²) in [7, 11) is 0. The first-order valence-electron chi connectivity index (χ1n) is 7.07. The van der Waals surface area contributed by atoms with Crippen molar-refractivity contribution in [1.82, 2.24) is 4.90 Å². The Bertz CT molecular complexity index is 425. The van der Waals surface area contributed by atoms with Crippen molar-refractivity contribution in [3.63, 3.8) is 0 Å². The lowest BCUT2D eigenvalue weighted by Crippen LogP contribution is -2.41. The summed E-state index contributed by atoms with van der Waals surface area (Å²) in [6, 6.07) is 4.77. The number of hydrogen-bond donors (Lipinski definition) is 2. The first-order valence-corrected chi connectivity index (χ1v) is 7.07. The van der Waals surface area contributed by atoms with E-state index in [1.165, 1.54) is 31.5 Å². The standard InChI is InChI=1S/C15H23FN2O/c1-3-18-8-4-5-12(10-18)11(2)17-13-6-7-15(19)14(16)9-13/h6-7,9,11-12,17,19H,3-5,8,10H2,1-2H3. The molecular formula is C15H23FN2O. The maximum absolute atomic E-state index is 13.3. The van der Waals surface area contributed by atoms with Crippen LogP contribution in [0.1, 0.15) is 26.7 Å². The summed E-state index contributed by atoms with van der Waals surface area (Å²) >= 11 is 0. The van der Waals surface area contributed by atoms with E-state index < -0.39 is 5.82 Å². The number of aromatic hydroxyl groups is 1. The number of phenolic OH excluding ortho intramolecular Hbond substituents is 1. The van der Waals surface area contributed by atoms with E-state index in [1.807, 2.05) is 0 Å². The third-order valence-electron chi connectivity index (χ3n) is 4.04.